The van der Waals surface area contributed by atoms with Crippen LogP contribution in [0.1, 0.15) is 19.5 Å². The molecular formula is C11H17N3OS. The molecule has 1 saturated heterocycles. The summed E-state index contributed by atoms with van der Waals surface area (Å²) in [5, 5.41) is 8.90. The third kappa shape index (κ3) is 2.65. The van der Waals surface area contributed by atoms with Crippen molar-refractivity contribution in [2.45, 2.75) is 25.2 Å². The van der Waals surface area contributed by atoms with Gasteiger partial charge in [-0.1, -0.05) is 0 Å². The summed E-state index contributed by atoms with van der Waals surface area (Å²) in [4.78, 5) is 10.7. The third-order valence-corrected chi connectivity index (χ3v) is 3.90. The zero-order valence-electron chi connectivity index (χ0n) is 9.68. The van der Waals surface area contributed by atoms with Gasteiger partial charge in [0, 0.05) is 23.6 Å². The summed E-state index contributed by atoms with van der Waals surface area (Å²) in [6, 6.07) is 0. The number of aliphatic hydroxyl groups is 1. The van der Waals surface area contributed by atoms with Crippen LogP contribution in [0, 0.1) is 0 Å². The number of anilines is 1. The highest BCUT2D eigenvalue weighted by molar-refractivity contribution is 8.00. The maximum atomic E-state index is 8.90. The summed E-state index contributed by atoms with van der Waals surface area (Å²) in [7, 11) is 0. The van der Waals surface area contributed by atoms with Gasteiger partial charge in [0.05, 0.1) is 24.7 Å². The smallest absolute Gasteiger partial charge is 0.147 e. The Morgan fingerprint density at radius 1 is 1.44 bits per heavy atom. The molecule has 1 aliphatic heterocycles. The first kappa shape index (κ1) is 11.7. The number of nitrogens with zero attached hydrogens (tertiary/aromatic N) is 3. The van der Waals surface area contributed by atoms with Crippen molar-refractivity contribution in [2.24, 2.45) is 0 Å². The van der Waals surface area contributed by atoms with Gasteiger partial charge in [-0.3, -0.25) is 4.98 Å². The fourth-order valence-corrected chi connectivity index (χ4v) is 2.92. The van der Waals surface area contributed by atoms with E-state index in [0.29, 0.717) is 5.69 Å². The van der Waals surface area contributed by atoms with Gasteiger partial charge < -0.3 is 10.0 Å². The van der Waals surface area contributed by atoms with Gasteiger partial charge in [-0.15, -0.1) is 0 Å². The first-order valence-corrected chi connectivity index (χ1v) is 6.40. The van der Waals surface area contributed by atoms with E-state index in [1.807, 2.05) is 11.8 Å². The van der Waals surface area contributed by atoms with Crippen LogP contribution in [0.3, 0.4) is 0 Å². The Morgan fingerprint density at radius 3 is 2.81 bits per heavy atom. The molecule has 88 valence electrons. The number of thioether (sulfide) groups is 1. The van der Waals surface area contributed by atoms with Gasteiger partial charge in [-0.2, -0.15) is 11.8 Å². The lowest BCUT2D eigenvalue weighted by Gasteiger charge is -2.38. The summed E-state index contributed by atoms with van der Waals surface area (Å²) in [6.45, 7) is 6.46. The first-order valence-electron chi connectivity index (χ1n) is 5.41. The summed E-state index contributed by atoms with van der Waals surface area (Å²) < 4.78 is 0.273. The molecule has 0 unspecified atom stereocenters. The molecule has 5 heteroatoms. The predicted molar refractivity (Wildman–Crippen MR) is 66.7 cm³/mol. The minimum Gasteiger partial charge on any atom is -0.390 e. The minimum absolute atomic E-state index is 0.0470. The molecule has 1 fully saturated rings. The van der Waals surface area contributed by atoms with Gasteiger partial charge in [0.2, 0.25) is 0 Å². The van der Waals surface area contributed by atoms with E-state index < -0.39 is 0 Å². The Morgan fingerprint density at radius 2 is 2.25 bits per heavy atom. The van der Waals surface area contributed by atoms with E-state index in [9.17, 15) is 0 Å². The van der Waals surface area contributed by atoms with Crippen molar-refractivity contribution in [1.29, 1.82) is 0 Å². The van der Waals surface area contributed by atoms with Crippen LogP contribution < -0.4 is 4.90 Å². The minimum atomic E-state index is -0.0470. The highest BCUT2D eigenvalue weighted by Gasteiger charge is 2.27. The summed E-state index contributed by atoms with van der Waals surface area (Å²) in [5.41, 5.74) is 0.620. The number of hydrogen-bond acceptors (Lipinski definition) is 5. The SMILES string of the molecule is CC1(C)CN(c2cnc(CO)cn2)CCS1. The Balaban J connectivity index is 2.11. The zero-order valence-corrected chi connectivity index (χ0v) is 10.5. The molecule has 1 aromatic heterocycles. The van der Waals surface area contributed by atoms with Crippen LogP contribution in [0.5, 0.6) is 0 Å². The van der Waals surface area contributed by atoms with Gasteiger partial charge in [0.15, 0.2) is 0 Å². The monoisotopic (exact) mass is 239 g/mol. The fraction of sp³-hybridized carbons (Fsp3) is 0.636. The molecular weight excluding hydrogens is 222 g/mol. The first-order chi connectivity index (χ1) is 7.61. The normalized spacial score (nSPS) is 19.8. The lowest BCUT2D eigenvalue weighted by molar-refractivity contribution is 0.276. The number of hydrogen-bond donors (Lipinski definition) is 1. The molecule has 0 aromatic carbocycles. The molecule has 16 heavy (non-hydrogen) atoms. The molecule has 0 amide bonds. The standard InChI is InChI=1S/C11H17N3OS/c1-11(2)8-14(3-4-16-11)10-6-12-9(7-15)5-13-10/h5-6,15H,3-4,7-8H2,1-2H3. The highest BCUT2D eigenvalue weighted by atomic mass is 32.2. The summed E-state index contributed by atoms with van der Waals surface area (Å²) in [6.07, 6.45) is 3.39. The molecule has 4 nitrogen and oxygen atoms in total. The van der Waals surface area contributed by atoms with Crippen LogP contribution in [0.4, 0.5) is 5.82 Å². The molecule has 1 aliphatic rings. The van der Waals surface area contributed by atoms with Gasteiger partial charge >= 0.3 is 0 Å². The van der Waals surface area contributed by atoms with Crippen LogP contribution in [-0.4, -0.2) is 38.7 Å². The summed E-state index contributed by atoms with van der Waals surface area (Å²) >= 11 is 2.00. The number of aromatic nitrogens is 2. The Hall–Kier alpha value is -0.810. The molecule has 0 spiro atoms. The molecule has 2 heterocycles. The maximum absolute atomic E-state index is 8.90. The van der Waals surface area contributed by atoms with Crippen molar-refractivity contribution in [2.75, 3.05) is 23.7 Å². The molecule has 0 bridgehead atoms. The molecule has 1 aromatic rings. The fourth-order valence-electron chi connectivity index (χ4n) is 1.80. The third-order valence-electron chi connectivity index (χ3n) is 2.60. The maximum Gasteiger partial charge on any atom is 0.147 e. The van der Waals surface area contributed by atoms with E-state index in [-0.39, 0.29) is 11.4 Å². The van der Waals surface area contributed by atoms with Crippen LogP contribution in [0.2, 0.25) is 0 Å². The van der Waals surface area contributed by atoms with Crippen molar-refractivity contribution < 1.29 is 5.11 Å². The molecule has 0 saturated carbocycles. The predicted octanol–water partition coefficient (Wildman–Crippen LogP) is 1.30. The topological polar surface area (TPSA) is 49.2 Å². The lowest BCUT2D eigenvalue weighted by atomic mass is 10.2. The molecule has 0 radical (unpaired) electrons. The zero-order chi connectivity index (χ0) is 11.6. The van der Waals surface area contributed by atoms with Gasteiger partial charge in [-0.25, -0.2) is 4.98 Å². The van der Waals surface area contributed by atoms with Crippen LogP contribution in [-0.2, 0) is 6.61 Å². The van der Waals surface area contributed by atoms with E-state index in [1.54, 1.807) is 12.4 Å². The van der Waals surface area contributed by atoms with E-state index in [2.05, 4.69) is 28.7 Å². The molecule has 1 N–H and O–H groups in total. The largest absolute Gasteiger partial charge is 0.390 e. The van der Waals surface area contributed by atoms with Crippen molar-refractivity contribution in [3.8, 4) is 0 Å². The highest BCUT2D eigenvalue weighted by Crippen LogP contribution is 2.31. The van der Waals surface area contributed by atoms with Crippen LogP contribution in [0.15, 0.2) is 12.4 Å². The average Bonchev–Trinajstić information content (AvgIpc) is 2.28. The van der Waals surface area contributed by atoms with Crippen LogP contribution in [0.25, 0.3) is 0 Å². The Kier molecular flexibility index (Phi) is 3.35. The van der Waals surface area contributed by atoms with Crippen molar-refractivity contribution in [3.63, 3.8) is 0 Å². The average molecular weight is 239 g/mol. The van der Waals surface area contributed by atoms with E-state index >= 15 is 0 Å². The van der Waals surface area contributed by atoms with Gasteiger partial charge in [0.1, 0.15) is 5.82 Å². The number of rotatable bonds is 2. The number of aliphatic hydroxyl groups excluding tert-OH is 1. The second-order valence-corrected chi connectivity index (χ2v) is 6.36. The van der Waals surface area contributed by atoms with E-state index in [0.717, 1.165) is 24.7 Å². The van der Waals surface area contributed by atoms with E-state index in [4.69, 9.17) is 5.11 Å². The van der Waals surface area contributed by atoms with Crippen LogP contribution >= 0.6 is 11.8 Å². The molecule has 2 rings (SSSR count). The second-order valence-electron chi connectivity index (χ2n) is 4.55. The quantitative estimate of drug-likeness (QED) is 0.843. The van der Waals surface area contributed by atoms with Crippen molar-refractivity contribution in [1.82, 2.24) is 9.97 Å². The second kappa shape index (κ2) is 4.59. The lowest BCUT2D eigenvalue weighted by Crippen LogP contribution is -2.43. The Bertz CT molecular complexity index is 353. The van der Waals surface area contributed by atoms with Crippen molar-refractivity contribution >= 4 is 17.6 Å². The Labute approximate surface area is 100 Å². The van der Waals surface area contributed by atoms with Crippen molar-refractivity contribution in [3.05, 3.63) is 18.1 Å². The van der Waals surface area contributed by atoms with Gasteiger partial charge in [-0.05, 0) is 13.8 Å². The molecule has 0 aliphatic carbocycles. The summed E-state index contributed by atoms with van der Waals surface area (Å²) in [5.74, 6) is 2.03. The molecule has 0 atom stereocenters. The van der Waals surface area contributed by atoms with E-state index in [1.165, 1.54) is 0 Å². The van der Waals surface area contributed by atoms with Gasteiger partial charge in [0.25, 0.3) is 0 Å².